The number of nitrogen functional groups attached to an aromatic ring is 1. The number of rotatable bonds is 5. The summed E-state index contributed by atoms with van der Waals surface area (Å²) in [5, 5.41) is 2.92. The van der Waals surface area contributed by atoms with Crippen molar-refractivity contribution in [3.63, 3.8) is 0 Å². The van der Waals surface area contributed by atoms with Crippen LogP contribution in [-0.2, 0) is 11.3 Å². The number of aromatic amines is 1. The van der Waals surface area contributed by atoms with Crippen molar-refractivity contribution in [1.29, 1.82) is 0 Å². The molecule has 0 aliphatic heterocycles. The van der Waals surface area contributed by atoms with Gasteiger partial charge in [-0.05, 0) is 20.8 Å². The second kappa shape index (κ2) is 5.26. The summed E-state index contributed by atoms with van der Waals surface area (Å²) in [6.45, 7) is 6.32. The highest BCUT2D eigenvalue weighted by atomic mass is 16.5. The molecule has 0 radical (unpaired) electrons. The van der Waals surface area contributed by atoms with E-state index in [1.807, 2.05) is 13.8 Å². The van der Waals surface area contributed by atoms with Gasteiger partial charge in [0.25, 0.3) is 5.56 Å². The minimum atomic E-state index is -0.519. The monoisotopic (exact) mass is 256 g/mol. The summed E-state index contributed by atoms with van der Waals surface area (Å²) in [4.78, 5) is 25.4. The third-order valence-electron chi connectivity index (χ3n) is 2.80. The Labute approximate surface area is 105 Å². The van der Waals surface area contributed by atoms with Crippen molar-refractivity contribution in [2.45, 2.75) is 32.9 Å². The predicted molar refractivity (Wildman–Crippen MR) is 71.0 cm³/mol. The first-order valence-corrected chi connectivity index (χ1v) is 5.74. The maximum absolute atomic E-state index is 11.7. The average molecular weight is 256 g/mol. The Hall–Kier alpha value is -1.76. The van der Waals surface area contributed by atoms with E-state index in [-0.39, 0.29) is 11.5 Å². The number of hydrogen-bond acceptors (Lipinski definition) is 5. The summed E-state index contributed by atoms with van der Waals surface area (Å²) in [6.07, 6.45) is 0. The largest absolute Gasteiger partial charge is 0.383 e. The molecular formula is C11H20N4O3. The van der Waals surface area contributed by atoms with Crippen LogP contribution in [0.2, 0.25) is 0 Å². The van der Waals surface area contributed by atoms with Gasteiger partial charge < -0.3 is 15.8 Å². The highest BCUT2D eigenvalue weighted by Gasteiger charge is 2.18. The molecule has 7 heteroatoms. The standard InChI is InChI=1S/C11H20N4O3/c1-5-15-8(12)7(9(16)14-10(15)17)13-6-11(2,3)18-4/h13H,5-6,12H2,1-4H3,(H,14,16,17). The third kappa shape index (κ3) is 2.92. The molecule has 0 aromatic carbocycles. The number of hydrogen-bond donors (Lipinski definition) is 3. The Kier molecular flexibility index (Phi) is 4.18. The van der Waals surface area contributed by atoms with Gasteiger partial charge in [0.05, 0.1) is 5.60 Å². The van der Waals surface area contributed by atoms with Gasteiger partial charge >= 0.3 is 5.69 Å². The van der Waals surface area contributed by atoms with Crippen molar-refractivity contribution in [3.05, 3.63) is 20.8 Å². The van der Waals surface area contributed by atoms with Gasteiger partial charge in [0.1, 0.15) is 11.5 Å². The van der Waals surface area contributed by atoms with Gasteiger partial charge in [-0.25, -0.2) is 4.79 Å². The van der Waals surface area contributed by atoms with Gasteiger partial charge in [0.2, 0.25) is 0 Å². The van der Waals surface area contributed by atoms with Gasteiger partial charge in [0, 0.05) is 20.2 Å². The molecule has 0 amide bonds. The molecule has 0 unspecified atom stereocenters. The normalized spacial score (nSPS) is 11.6. The lowest BCUT2D eigenvalue weighted by atomic mass is 10.1. The van der Waals surface area contributed by atoms with Crippen molar-refractivity contribution < 1.29 is 4.74 Å². The summed E-state index contributed by atoms with van der Waals surface area (Å²) in [6, 6.07) is 0. The minimum absolute atomic E-state index is 0.137. The number of nitrogens with one attached hydrogen (secondary N) is 2. The molecule has 1 aromatic rings. The first kappa shape index (κ1) is 14.3. The number of aromatic nitrogens is 2. The molecule has 0 saturated carbocycles. The van der Waals surface area contributed by atoms with E-state index < -0.39 is 16.9 Å². The van der Waals surface area contributed by atoms with Crippen LogP contribution in [0, 0.1) is 0 Å². The van der Waals surface area contributed by atoms with Crippen LogP contribution in [0.1, 0.15) is 20.8 Å². The van der Waals surface area contributed by atoms with Gasteiger partial charge in [-0.2, -0.15) is 0 Å². The predicted octanol–water partition coefficient (Wildman–Crippen LogP) is -0.0244. The molecule has 1 heterocycles. The van der Waals surface area contributed by atoms with E-state index in [1.165, 1.54) is 4.57 Å². The van der Waals surface area contributed by atoms with E-state index in [0.717, 1.165) is 0 Å². The zero-order valence-corrected chi connectivity index (χ0v) is 11.2. The lowest BCUT2D eigenvalue weighted by Gasteiger charge is -2.24. The molecule has 7 nitrogen and oxygen atoms in total. The fraction of sp³-hybridized carbons (Fsp3) is 0.636. The van der Waals surface area contributed by atoms with Crippen molar-refractivity contribution in [2.24, 2.45) is 0 Å². The highest BCUT2D eigenvalue weighted by molar-refractivity contribution is 5.60. The highest BCUT2D eigenvalue weighted by Crippen LogP contribution is 2.13. The maximum Gasteiger partial charge on any atom is 0.330 e. The molecule has 0 aliphatic rings. The van der Waals surface area contributed by atoms with Crippen LogP contribution in [0.15, 0.2) is 9.59 Å². The zero-order valence-electron chi connectivity index (χ0n) is 11.2. The minimum Gasteiger partial charge on any atom is -0.383 e. The molecule has 0 saturated heterocycles. The number of anilines is 2. The van der Waals surface area contributed by atoms with Crippen LogP contribution in [0.3, 0.4) is 0 Å². The summed E-state index contributed by atoms with van der Waals surface area (Å²) < 4.78 is 6.53. The van der Waals surface area contributed by atoms with E-state index in [4.69, 9.17) is 10.5 Å². The summed E-state index contributed by atoms with van der Waals surface area (Å²) >= 11 is 0. The number of nitrogens with two attached hydrogens (primary N) is 1. The van der Waals surface area contributed by atoms with E-state index in [9.17, 15) is 9.59 Å². The van der Waals surface area contributed by atoms with Crippen molar-refractivity contribution in [3.8, 4) is 0 Å². The molecule has 0 bridgehead atoms. The topological polar surface area (TPSA) is 102 Å². The molecule has 18 heavy (non-hydrogen) atoms. The molecule has 4 N–H and O–H groups in total. The van der Waals surface area contributed by atoms with Crippen LogP contribution in [-0.4, -0.2) is 28.8 Å². The molecule has 0 atom stereocenters. The Balaban J connectivity index is 3.11. The first-order chi connectivity index (χ1) is 8.32. The van der Waals surface area contributed by atoms with Crippen LogP contribution in [0.4, 0.5) is 11.5 Å². The number of H-pyrrole nitrogens is 1. The van der Waals surface area contributed by atoms with Crippen molar-refractivity contribution >= 4 is 11.5 Å². The van der Waals surface area contributed by atoms with Crippen LogP contribution >= 0.6 is 0 Å². The van der Waals surface area contributed by atoms with Crippen molar-refractivity contribution in [2.75, 3.05) is 24.7 Å². The van der Waals surface area contributed by atoms with Gasteiger partial charge in [-0.3, -0.25) is 14.3 Å². The first-order valence-electron chi connectivity index (χ1n) is 5.74. The van der Waals surface area contributed by atoms with Crippen molar-refractivity contribution in [1.82, 2.24) is 9.55 Å². The number of ether oxygens (including phenoxy) is 1. The smallest absolute Gasteiger partial charge is 0.330 e. The summed E-state index contributed by atoms with van der Waals surface area (Å²) in [5.74, 6) is 0.137. The van der Waals surface area contributed by atoms with Gasteiger partial charge in [-0.15, -0.1) is 0 Å². The Morgan fingerprint density at radius 1 is 1.44 bits per heavy atom. The molecule has 0 fully saturated rings. The molecule has 0 spiro atoms. The Morgan fingerprint density at radius 3 is 2.56 bits per heavy atom. The zero-order chi connectivity index (χ0) is 13.9. The average Bonchev–Trinajstić information content (AvgIpc) is 2.28. The molecule has 1 aromatic heterocycles. The number of methoxy groups -OCH3 is 1. The maximum atomic E-state index is 11.7. The van der Waals surface area contributed by atoms with Gasteiger partial charge in [0.15, 0.2) is 0 Å². The van der Waals surface area contributed by atoms with E-state index in [2.05, 4.69) is 10.3 Å². The Morgan fingerprint density at radius 2 is 2.06 bits per heavy atom. The molecule has 1 rings (SSSR count). The van der Waals surface area contributed by atoms with E-state index in [1.54, 1.807) is 14.0 Å². The fourth-order valence-electron chi connectivity index (χ4n) is 1.45. The van der Waals surface area contributed by atoms with Crippen LogP contribution < -0.4 is 22.3 Å². The lowest BCUT2D eigenvalue weighted by molar-refractivity contribution is 0.0343. The second-order valence-electron chi connectivity index (χ2n) is 4.58. The quantitative estimate of drug-likeness (QED) is 0.687. The molecule has 0 aliphatic carbocycles. The third-order valence-corrected chi connectivity index (χ3v) is 2.80. The summed E-state index contributed by atoms with van der Waals surface area (Å²) in [5.41, 5.74) is 4.54. The van der Waals surface area contributed by atoms with E-state index >= 15 is 0 Å². The Bertz CT molecular complexity index is 530. The SMILES string of the molecule is CCn1c(N)c(NCC(C)(C)OC)c(=O)[nH]c1=O. The second-order valence-corrected chi connectivity index (χ2v) is 4.58. The molecular weight excluding hydrogens is 236 g/mol. The van der Waals surface area contributed by atoms with Gasteiger partial charge in [-0.1, -0.05) is 0 Å². The van der Waals surface area contributed by atoms with Crippen LogP contribution in [0.5, 0.6) is 0 Å². The lowest BCUT2D eigenvalue weighted by Crippen LogP contribution is -2.37. The van der Waals surface area contributed by atoms with E-state index in [0.29, 0.717) is 13.1 Å². The fourth-order valence-corrected chi connectivity index (χ4v) is 1.45. The molecule has 102 valence electrons. The summed E-state index contributed by atoms with van der Waals surface area (Å²) in [7, 11) is 1.59. The number of nitrogens with zero attached hydrogens (tertiary/aromatic N) is 1. The van der Waals surface area contributed by atoms with Crippen LogP contribution in [0.25, 0.3) is 0 Å².